The van der Waals surface area contributed by atoms with Crippen LogP contribution in [0.5, 0.6) is 5.75 Å². The van der Waals surface area contributed by atoms with Gasteiger partial charge in [-0.05, 0) is 50.2 Å². The molecule has 4 heteroatoms. The van der Waals surface area contributed by atoms with E-state index in [0.29, 0.717) is 0 Å². The lowest BCUT2D eigenvalue weighted by Gasteiger charge is -2.11. The van der Waals surface area contributed by atoms with Gasteiger partial charge in [0.15, 0.2) is 0 Å². The first-order valence-electron chi connectivity index (χ1n) is 6.40. The molecule has 2 rings (SSSR count). The van der Waals surface area contributed by atoms with Gasteiger partial charge >= 0.3 is 0 Å². The third-order valence-corrected chi connectivity index (χ3v) is 3.25. The van der Waals surface area contributed by atoms with Gasteiger partial charge in [-0.25, -0.2) is 0 Å². The molecule has 0 aliphatic rings. The molecule has 0 aliphatic heterocycles. The maximum absolute atomic E-state index is 5.41. The number of nitrogens with one attached hydrogen (secondary N) is 1. The Bertz CT molecular complexity index is 564. The summed E-state index contributed by atoms with van der Waals surface area (Å²) in [6, 6.07) is 6.41. The van der Waals surface area contributed by atoms with Crippen molar-refractivity contribution in [2.75, 3.05) is 14.2 Å². The minimum Gasteiger partial charge on any atom is -0.496 e. The Morgan fingerprint density at radius 2 is 1.84 bits per heavy atom. The second kappa shape index (κ2) is 5.45. The molecule has 0 radical (unpaired) electrons. The molecule has 0 amide bonds. The number of benzene rings is 1. The molecule has 4 nitrogen and oxygen atoms in total. The van der Waals surface area contributed by atoms with E-state index in [9.17, 15) is 0 Å². The van der Waals surface area contributed by atoms with Crippen molar-refractivity contribution in [3.8, 4) is 17.0 Å². The van der Waals surface area contributed by atoms with E-state index in [1.165, 1.54) is 5.56 Å². The largest absolute Gasteiger partial charge is 0.496 e. The number of rotatable bonds is 4. The maximum Gasteiger partial charge on any atom is 0.124 e. The highest BCUT2D eigenvalue weighted by Gasteiger charge is 2.11. The second-order valence-corrected chi connectivity index (χ2v) is 4.82. The summed E-state index contributed by atoms with van der Waals surface area (Å²) in [5, 5.41) is 7.62. The molecule has 2 aromatic rings. The molecular weight excluding hydrogens is 238 g/mol. The SMILES string of the molecule is CNCc1cc(-c2cc(C)c(OC)c(C)c2)n(C)n1. The highest BCUT2D eigenvalue weighted by molar-refractivity contribution is 5.64. The van der Waals surface area contributed by atoms with Gasteiger partial charge in [-0.2, -0.15) is 5.10 Å². The summed E-state index contributed by atoms with van der Waals surface area (Å²) in [7, 11) is 5.61. The zero-order valence-corrected chi connectivity index (χ0v) is 12.2. The molecule has 1 aromatic carbocycles. The summed E-state index contributed by atoms with van der Waals surface area (Å²) < 4.78 is 7.33. The van der Waals surface area contributed by atoms with Crippen molar-refractivity contribution in [2.45, 2.75) is 20.4 Å². The van der Waals surface area contributed by atoms with Crippen molar-refractivity contribution in [1.82, 2.24) is 15.1 Å². The predicted molar refractivity (Wildman–Crippen MR) is 77.4 cm³/mol. The van der Waals surface area contributed by atoms with E-state index in [0.717, 1.165) is 34.8 Å². The highest BCUT2D eigenvalue weighted by atomic mass is 16.5. The number of aryl methyl sites for hydroxylation is 3. The zero-order valence-electron chi connectivity index (χ0n) is 12.2. The fourth-order valence-corrected chi connectivity index (χ4v) is 2.48. The van der Waals surface area contributed by atoms with Gasteiger partial charge in [0.25, 0.3) is 0 Å². The lowest BCUT2D eigenvalue weighted by Crippen LogP contribution is -2.05. The van der Waals surface area contributed by atoms with Crippen LogP contribution in [0.1, 0.15) is 16.8 Å². The molecule has 102 valence electrons. The third kappa shape index (κ3) is 2.63. The van der Waals surface area contributed by atoms with Crippen molar-refractivity contribution in [3.05, 3.63) is 35.0 Å². The number of methoxy groups -OCH3 is 1. The first kappa shape index (κ1) is 13.6. The van der Waals surface area contributed by atoms with E-state index >= 15 is 0 Å². The first-order valence-corrected chi connectivity index (χ1v) is 6.40. The average Bonchev–Trinajstić information content (AvgIpc) is 2.70. The standard InChI is InChI=1S/C15H21N3O/c1-10-6-12(7-11(2)15(10)19-5)14-8-13(9-16-3)17-18(14)4/h6-8,16H,9H2,1-5H3. The summed E-state index contributed by atoms with van der Waals surface area (Å²) in [5.41, 5.74) is 5.64. The molecule has 0 saturated carbocycles. The van der Waals surface area contributed by atoms with Crippen LogP contribution in [0, 0.1) is 13.8 Å². The Hall–Kier alpha value is -1.81. The summed E-state index contributed by atoms with van der Waals surface area (Å²) in [5.74, 6) is 0.960. The fourth-order valence-electron chi connectivity index (χ4n) is 2.48. The minimum absolute atomic E-state index is 0.780. The van der Waals surface area contributed by atoms with Gasteiger partial charge in [-0.3, -0.25) is 4.68 Å². The maximum atomic E-state index is 5.41. The van der Waals surface area contributed by atoms with Gasteiger partial charge < -0.3 is 10.1 Å². The Morgan fingerprint density at radius 1 is 1.21 bits per heavy atom. The summed E-state index contributed by atoms with van der Waals surface area (Å²) in [6.45, 7) is 4.92. The van der Waals surface area contributed by atoms with Crippen molar-refractivity contribution < 1.29 is 4.74 Å². The molecule has 0 fully saturated rings. The molecule has 19 heavy (non-hydrogen) atoms. The molecule has 0 bridgehead atoms. The van der Waals surface area contributed by atoms with E-state index in [2.05, 4.69) is 42.5 Å². The Balaban J connectivity index is 2.47. The summed E-state index contributed by atoms with van der Waals surface area (Å²) >= 11 is 0. The highest BCUT2D eigenvalue weighted by Crippen LogP contribution is 2.30. The topological polar surface area (TPSA) is 39.1 Å². The Morgan fingerprint density at radius 3 is 2.37 bits per heavy atom. The van der Waals surface area contributed by atoms with Gasteiger partial charge in [-0.1, -0.05) is 0 Å². The molecule has 0 unspecified atom stereocenters. The minimum atomic E-state index is 0.780. The van der Waals surface area contributed by atoms with E-state index in [1.807, 2.05) is 18.8 Å². The number of ether oxygens (including phenoxy) is 1. The number of aromatic nitrogens is 2. The monoisotopic (exact) mass is 259 g/mol. The molecule has 0 atom stereocenters. The normalized spacial score (nSPS) is 10.8. The van der Waals surface area contributed by atoms with E-state index in [-0.39, 0.29) is 0 Å². The van der Waals surface area contributed by atoms with Crippen LogP contribution in [0.15, 0.2) is 18.2 Å². The van der Waals surface area contributed by atoms with Crippen LogP contribution < -0.4 is 10.1 Å². The van der Waals surface area contributed by atoms with Crippen molar-refractivity contribution in [2.24, 2.45) is 7.05 Å². The lowest BCUT2D eigenvalue weighted by atomic mass is 10.0. The quantitative estimate of drug-likeness (QED) is 0.916. The average molecular weight is 259 g/mol. The van der Waals surface area contributed by atoms with Crippen molar-refractivity contribution in [1.29, 1.82) is 0 Å². The summed E-state index contributed by atoms with van der Waals surface area (Å²) in [4.78, 5) is 0. The van der Waals surface area contributed by atoms with Crippen LogP contribution in [0.4, 0.5) is 0 Å². The van der Waals surface area contributed by atoms with E-state index in [4.69, 9.17) is 4.74 Å². The van der Waals surface area contributed by atoms with Crippen LogP contribution in [-0.2, 0) is 13.6 Å². The molecule has 0 spiro atoms. The molecule has 1 aromatic heterocycles. The smallest absolute Gasteiger partial charge is 0.124 e. The van der Waals surface area contributed by atoms with Gasteiger partial charge in [0.2, 0.25) is 0 Å². The van der Waals surface area contributed by atoms with Gasteiger partial charge in [0, 0.05) is 19.2 Å². The van der Waals surface area contributed by atoms with Gasteiger partial charge in [-0.15, -0.1) is 0 Å². The molecular formula is C15H21N3O. The van der Waals surface area contributed by atoms with E-state index < -0.39 is 0 Å². The molecule has 0 saturated heterocycles. The van der Waals surface area contributed by atoms with Crippen LogP contribution >= 0.6 is 0 Å². The predicted octanol–water partition coefficient (Wildman–Crippen LogP) is 2.43. The molecule has 1 heterocycles. The van der Waals surface area contributed by atoms with Crippen LogP contribution in [0.2, 0.25) is 0 Å². The molecule has 1 N–H and O–H groups in total. The second-order valence-electron chi connectivity index (χ2n) is 4.82. The Labute approximate surface area is 114 Å². The van der Waals surface area contributed by atoms with Gasteiger partial charge in [0.05, 0.1) is 18.5 Å². The zero-order chi connectivity index (χ0) is 14.0. The van der Waals surface area contributed by atoms with Crippen LogP contribution in [-0.4, -0.2) is 23.9 Å². The first-order chi connectivity index (χ1) is 9.06. The summed E-state index contributed by atoms with van der Waals surface area (Å²) in [6.07, 6.45) is 0. The number of hydrogen-bond acceptors (Lipinski definition) is 3. The van der Waals surface area contributed by atoms with Crippen LogP contribution in [0.3, 0.4) is 0 Å². The fraction of sp³-hybridized carbons (Fsp3) is 0.400. The Kier molecular flexibility index (Phi) is 3.90. The van der Waals surface area contributed by atoms with Crippen LogP contribution in [0.25, 0.3) is 11.3 Å². The van der Waals surface area contributed by atoms with E-state index in [1.54, 1.807) is 7.11 Å². The third-order valence-electron chi connectivity index (χ3n) is 3.25. The number of nitrogens with zero attached hydrogens (tertiary/aromatic N) is 2. The number of hydrogen-bond donors (Lipinski definition) is 1. The van der Waals surface area contributed by atoms with Gasteiger partial charge in [0.1, 0.15) is 5.75 Å². The van der Waals surface area contributed by atoms with Crippen molar-refractivity contribution >= 4 is 0 Å². The molecule has 0 aliphatic carbocycles. The lowest BCUT2D eigenvalue weighted by molar-refractivity contribution is 0.408. The van der Waals surface area contributed by atoms with Crippen molar-refractivity contribution in [3.63, 3.8) is 0 Å².